The molecular formula is C15H12N2S. The molecule has 0 saturated heterocycles. The predicted molar refractivity (Wildman–Crippen MR) is 74.3 cm³/mol. The Morgan fingerprint density at radius 1 is 1.11 bits per heavy atom. The first-order chi connectivity index (χ1) is 8.79. The van der Waals surface area contributed by atoms with E-state index in [4.69, 9.17) is 5.26 Å². The molecule has 0 bridgehead atoms. The predicted octanol–water partition coefficient (Wildman–Crippen LogP) is 4.52. The zero-order valence-corrected chi connectivity index (χ0v) is 10.8. The van der Waals surface area contributed by atoms with Crippen LogP contribution < -0.4 is 5.32 Å². The second kappa shape index (κ2) is 4.40. The number of para-hydroxylation sites is 2. The average Bonchev–Trinajstić information content (AvgIpc) is 2.43. The highest BCUT2D eigenvalue weighted by Gasteiger charge is 2.20. The van der Waals surface area contributed by atoms with Gasteiger partial charge in [-0.05, 0) is 30.7 Å². The molecule has 0 fully saturated rings. The first-order valence-electron chi connectivity index (χ1n) is 5.86. The van der Waals surface area contributed by atoms with Crippen LogP contribution in [0, 0.1) is 11.3 Å². The number of nitrogens with zero attached hydrogens (tertiary/aromatic N) is 1. The summed E-state index contributed by atoms with van der Waals surface area (Å²) in [4.78, 5) is 2.42. The zero-order valence-electron chi connectivity index (χ0n) is 9.97. The Balaban J connectivity index is 2.11. The van der Waals surface area contributed by atoms with Gasteiger partial charge in [0.05, 0.1) is 23.4 Å². The van der Waals surface area contributed by atoms with E-state index >= 15 is 0 Å². The van der Waals surface area contributed by atoms with Gasteiger partial charge in [0.25, 0.3) is 0 Å². The molecular weight excluding hydrogens is 240 g/mol. The third kappa shape index (κ3) is 1.75. The summed E-state index contributed by atoms with van der Waals surface area (Å²) < 4.78 is 0. The summed E-state index contributed by atoms with van der Waals surface area (Å²) in [6, 6.07) is 16.7. The number of nitrogens with one attached hydrogen (secondary N) is 1. The van der Waals surface area contributed by atoms with E-state index in [0.717, 1.165) is 16.9 Å². The van der Waals surface area contributed by atoms with Crippen LogP contribution in [0.3, 0.4) is 0 Å². The number of hydrogen-bond donors (Lipinski definition) is 1. The van der Waals surface area contributed by atoms with Crippen molar-refractivity contribution >= 4 is 23.1 Å². The molecule has 1 atom stereocenters. The first kappa shape index (κ1) is 11.2. The van der Waals surface area contributed by atoms with Crippen molar-refractivity contribution in [3.63, 3.8) is 0 Å². The maximum absolute atomic E-state index is 9.10. The molecule has 1 N–H and O–H groups in total. The fourth-order valence-electron chi connectivity index (χ4n) is 2.11. The molecule has 0 aliphatic carbocycles. The molecule has 18 heavy (non-hydrogen) atoms. The molecule has 1 unspecified atom stereocenters. The van der Waals surface area contributed by atoms with E-state index in [2.05, 4.69) is 29.6 Å². The summed E-state index contributed by atoms with van der Waals surface area (Å²) >= 11 is 1.75. The third-order valence-corrected chi connectivity index (χ3v) is 4.22. The summed E-state index contributed by atoms with van der Waals surface area (Å²) in [5, 5.41) is 12.6. The second-order valence-electron chi connectivity index (χ2n) is 4.29. The van der Waals surface area contributed by atoms with Crippen LogP contribution in [0.4, 0.5) is 11.4 Å². The summed E-state index contributed by atoms with van der Waals surface area (Å²) in [7, 11) is 0. The Morgan fingerprint density at radius 3 is 2.72 bits per heavy atom. The van der Waals surface area contributed by atoms with Gasteiger partial charge in [0.1, 0.15) is 0 Å². The van der Waals surface area contributed by atoms with Gasteiger partial charge in [0.2, 0.25) is 0 Å². The van der Waals surface area contributed by atoms with Crippen LogP contribution in [-0.2, 0) is 0 Å². The lowest BCUT2D eigenvalue weighted by molar-refractivity contribution is 0.975. The van der Waals surface area contributed by atoms with Crippen molar-refractivity contribution in [1.29, 1.82) is 5.26 Å². The smallest absolute Gasteiger partial charge is 0.0705 e. The standard InChI is InChI=1S/C15H12N2S/c1-10(9-16)11-5-4-8-14-15(11)17-12-6-2-3-7-13(12)18-14/h2-8,10,17H,1H3. The number of rotatable bonds is 1. The van der Waals surface area contributed by atoms with Gasteiger partial charge in [0.15, 0.2) is 0 Å². The van der Waals surface area contributed by atoms with E-state index in [-0.39, 0.29) is 5.92 Å². The maximum atomic E-state index is 9.10. The minimum Gasteiger partial charge on any atom is -0.353 e. The van der Waals surface area contributed by atoms with Gasteiger partial charge in [0, 0.05) is 9.79 Å². The van der Waals surface area contributed by atoms with Crippen molar-refractivity contribution < 1.29 is 0 Å². The van der Waals surface area contributed by atoms with E-state index in [1.165, 1.54) is 9.79 Å². The topological polar surface area (TPSA) is 35.8 Å². The van der Waals surface area contributed by atoms with Crippen LogP contribution in [0.2, 0.25) is 0 Å². The molecule has 0 radical (unpaired) electrons. The minimum atomic E-state index is -0.0988. The lowest BCUT2D eigenvalue weighted by Gasteiger charge is -2.23. The van der Waals surface area contributed by atoms with Gasteiger partial charge in [-0.1, -0.05) is 36.0 Å². The molecule has 1 heterocycles. The SMILES string of the molecule is CC(C#N)c1cccc2c1Nc1ccccc1S2. The van der Waals surface area contributed by atoms with E-state index in [0.29, 0.717) is 0 Å². The quantitative estimate of drug-likeness (QED) is 0.691. The second-order valence-corrected chi connectivity index (χ2v) is 5.38. The largest absolute Gasteiger partial charge is 0.353 e. The Morgan fingerprint density at radius 2 is 1.89 bits per heavy atom. The monoisotopic (exact) mass is 252 g/mol. The lowest BCUT2D eigenvalue weighted by atomic mass is 10.0. The van der Waals surface area contributed by atoms with Gasteiger partial charge in [-0.25, -0.2) is 0 Å². The zero-order chi connectivity index (χ0) is 12.5. The molecule has 88 valence electrons. The van der Waals surface area contributed by atoms with Crippen LogP contribution in [-0.4, -0.2) is 0 Å². The number of anilines is 2. The first-order valence-corrected chi connectivity index (χ1v) is 6.67. The van der Waals surface area contributed by atoms with Gasteiger partial charge in [-0.2, -0.15) is 5.26 Å². The molecule has 3 heteroatoms. The van der Waals surface area contributed by atoms with Crippen molar-refractivity contribution in [1.82, 2.24) is 0 Å². The van der Waals surface area contributed by atoms with E-state index in [9.17, 15) is 0 Å². The van der Waals surface area contributed by atoms with Gasteiger partial charge in [-0.15, -0.1) is 0 Å². The summed E-state index contributed by atoms with van der Waals surface area (Å²) in [5.41, 5.74) is 3.26. The van der Waals surface area contributed by atoms with Crippen LogP contribution in [0.1, 0.15) is 18.4 Å². The number of nitriles is 1. The average molecular weight is 252 g/mol. The summed E-state index contributed by atoms with van der Waals surface area (Å²) in [6.45, 7) is 1.93. The molecule has 2 nitrogen and oxygen atoms in total. The number of fused-ring (bicyclic) bond motifs is 2. The normalized spacial score (nSPS) is 13.8. The van der Waals surface area contributed by atoms with Crippen LogP contribution in [0.5, 0.6) is 0 Å². The summed E-state index contributed by atoms with van der Waals surface area (Å²) in [5.74, 6) is -0.0988. The Hall–Kier alpha value is -1.92. The highest BCUT2D eigenvalue weighted by Crippen LogP contribution is 2.46. The van der Waals surface area contributed by atoms with Gasteiger partial charge < -0.3 is 5.32 Å². The number of hydrogen-bond acceptors (Lipinski definition) is 3. The number of benzene rings is 2. The molecule has 0 amide bonds. The van der Waals surface area contributed by atoms with Crippen LogP contribution in [0.15, 0.2) is 52.3 Å². The van der Waals surface area contributed by atoms with Crippen LogP contribution in [0.25, 0.3) is 0 Å². The molecule has 3 rings (SSSR count). The van der Waals surface area contributed by atoms with Gasteiger partial charge >= 0.3 is 0 Å². The van der Waals surface area contributed by atoms with E-state index < -0.39 is 0 Å². The van der Waals surface area contributed by atoms with Crippen molar-refractivity contribution in [3.05, 3.63) is 48.0 Å². The Labute approximate surface area is 111 Å². The third-order valence-electron chi connectivity index (χ3n) is 3.09. The van der Waals surface area contributed by atoms with E-state index in [1.807, 2.05) is 31.2 Å². The van der Waals surface area contributed by atoms with Crippen molar-refractivity contribution in [2.45, 2.75) is 22.6 Å². The molecule has 2 aromatic carbocycles. The lowest BCUT2D eigenvalue weighted by Crippen LogP contribution is -2.04. The molecule has 1 aliphatic rings. The minimum absolute atomic E-state index is 0.0988. The molecule has 1 aliphatic heterocycles. The Kier molecular flexibility index (Phi) is 2.73. The molecule has 0 spiro atoms. The van der Waals surface area contributed by atoms with E-state index in [1.54, 1.807) is 11.8 Å². The van der Waals surface area contributed by atoms with Gasteiger partial charge in [-0.3, -0.25) is 0 Å². The van der Waals surface area contributed by atoms with Crippen molar-refractivity contribution in [2.75, 3.05) is 5.32 Å². The highest BCUT2D eigenvalue weighted by molar-refractivity contribution is 7.99. The fourth-order valence-corrected chi connectivity index (χ4v) is 3.14. The molecule has 0 saturated carbocycles. The molecule has 2 aromatic rings. The fraction of sp³-hybridized carbons (Fsp3) is 0.133. The van der Waals surface area contributed by atoms with Crippen molar-refractivity contribution in [3.8, 4) is 6.07 Å². The molecule has 0 aromatic heterocycles. The summed E-state index contributed by atoms with van der Waals surface area (Å²) in [6.07, 6.45) is 0. The van der Waals surface area contributed by atoms with Crippen molar-refractivity contribution in [2.24, 2.45) is 0 Å². The maximum Gasteiger partial charge on any atom is 0.0705 e. The van der Waals surface area contributed by atoms with Crippen LogP contribution >= 0.6 is 11.8 Å². The Bertz CT molecular complexity index is 643. The highest BCUT2D eigenvalue weighted by atomic mass is 32.2.